The lowest BCUT2D eigenvalue weighted by molar-refractivity contribution is 0.0939. The van der Waals surface area contributed by atoms with Gasteiger partial charge in [-0.05, 0) is 25.6 Å². The second-order valence-electron chi connectivity index (χ2n) is 3.43. The van der Waals surface area contributed by atoms with Crippen molar-refractivity contribution in [2.45, 2.75) is 13.3 Å². The van der Waals surface area contributed by atoms with Crippen molar-refractivity contribution in [2.24, 2.45) is 0 Å². The van der Waals surface area contributed by atoms with Crippen LogP contribution in [0.2, 0.25) is 0 Å². The van der Waals surface area contributed by atoms with Gasteiger partial charge in [0.05, 0.1) is 5.01 Å². The van der Waals surface area contributed by atoms with Gasteiger partial charge in [0.1, 0.15) is 5.69 Å². The zero-order valence-corrected chi connectivity index (χ0v) is 11.9. The fourth-order valence-corrected chi connectivity index (χ4v) is 1.85. The molecule has 0 aliphatic carbocycles. The van der Waals surface area contributed by atoms with Crippen molar-refractivity contribution in [1.29, 1.82) is 0 Å². The Morgan fingerprint density at radius 1 is 1.56 bits per heavy atom. The molecule has 6 nitrogen and oxygen atoms in total. The molecule has 0 bridgehead atoms. The highest BCUT2D eigenvalue weighted by molar-refractivity contribution is 7.80. The molecule has 0 aliphatic heterocycles. The minimum atomic E-state index is -0.305. The SMILES string of the molecule is COCCCNC(=S)NNC(=O)c1csc(C)n1. The van der Waals surface area contributed by atoms with Crippen molar-refractivity contribution < 1.29 is 9.53 Å². The molecule has 0 radical (unpaired) electrons. The van der Waals surface area contributed by atoms with Gasteiger partial charge in [0.15, 0.2) is 5.11 Å². The van der Waals surface area contributed by atoms with Crippen molar-refractivity contribution >= 4 is 34.6 Å². The van der Waals surface area contributed by atoms with Gasteiger partial charge < -0.3 is 10.1 Å². The topological polar surface area (TPSA) is 75.3 Å². The monoisotopic (exact) mass is 288 g/mol. The molecule has 0 spiro atoms. The summed E-state index contributed by atoms with van der Waals surface area (Å²) in [6, 6.07) is 0. The van der Waals surface area contributed by atoms with Crippen molar-refractivity contribution in [3.63, 3.8) is 0 Å². The largest absolute Gasteiger partial charge is 0.385 e. The normalized spacial score (nSPS) is 9.89. The number of aromatic nitrogens is 1. The van der Waals surface area contributed by atoms with E-state index in [4.69, 9.17) is 17.0 Å². The van der Waals surface area contributed by atoms with Crippen LogP contribution in [0.1, 0.15) is 21.9 Å². The molecule has 0 saturated heterocycles. The van der Waals surface area contributed by atoms with Gasteiger partial charge in [-0.1, -0.05) is 0 Å². The average Bonchev–Trinajstić information content (AvgIpc) is 2.78. The average molecular weight is 288 g/mol. The Labute approximate surface area is 115 Å². The number of carbonyl (C=O) groups is 1. The second-order valence-corrected chi connectivity index (χ2v) is 4.90. The van der Waals surface area contributed by atoms with Gasteiger partial charge in [0, 0.05) is 25.6 Å². The lowest BCUT2D eigenvalue weighted by Crippen LogP contribution is -2.47. The molecule has 0 saturated carbocycles. The highest BCUT2D eigenvalue weighted by atomic mass is 32.1. The summed E-state index contributed by atoms with van der Waals surface area (Å²) >= 11 is 6.41. The number of ether oxygens (including phenoxy) is 1. The molecular weight excluding hydrogens is 272 g/mol. The Morgan fingerprint density at radius 3 is 2.94 bits per heavy atom. The molecule has 1 amide bonds. The summed E-state index contributed by atoms with van der Waals surface area (Å²) < 4.78 is 4.90. The minimum Gasteiger partial charge on any atom is -0.385 e. The van der Waals surface area contributed by atoms with E-state index in [0.29, 0.717) is 24.0 Å². The fraction of sp³-hybridized carbons (Fsp3) is 0.500. The number of carbonyl (C=O) groups excluding carboxylic acids is 1. The number of hydrogen-bond donors (Lipinski definition) is 3. The number of nitrogens with one attached hydrogen (secondary N) is 3. The van der Waals surface area contributed by atoms with Crippen molar-refractivity contribution in [3.8, 4) is 0 Å². The highest BCUT2D eigenvalue weighted by Gasteiger charge is 2.08. The Hall–Kier alpha value is -1.25. The third kappa shape index (κ3) is 5.39. The number of thiocarbonyl (C=S) groups is 1. The molecule has 0 aromatic carbocycles. The quantitative estimate of drug-likeness (QED) is 0.418. The summed E-state index contributed by atoms with van der Waals surface area (Å²) in [6.45, 7) is 3.20. The lowest BCUT2D eigenvalue weighted by Gasteiger charge is -2.10. The standard InChI is InChI=1S/C10H16N4O2S2/c1-7-12-8(6-18-7)9(15)13-14-10(17)11-4-3-5-16-2/h6H,3-5H2,1-2H3,(H,13,15)(H2,11,14,17). The van der Waals surface area contributed by atoms with Gasteiger partial charge in [-0.15, -0.1) is 11.3 Å². The van der Waals surface area contributed by atoms with Crippen LogP contribution in [-0.2, 0) is 4.74 Å². The molecule has 1 rings (SSSR count). The molecule has 1 heterocycles. The maximum absolute atomic E-state index is 11.6. The van der Waals surface area contributed by atoms with Crippen molar-refractivity contribution in [2.75, 3.05) is 20.3 Å². The van der Waals surface area contributed by atoms with E-state index < -0.39 is 0 Å². The van der Waals surface area contributed by atoms with Gasteiger partial charge in [0.25, 0.3) is 5.91 Å². The number of hydrogen-bond acceptors (Lipinski definition) is 5. The molecule has 18 heavy (non-hydrogen) atoms. The summed E-state index contributed by atoms with van der Waals surface area (Å²) in [7, 11) is 1.65. The molecule has 8 heteroatoms. The number of hydrazine groups is 1. The first-order chi connectivity index (χ1) is 8.63. The molecular formula is C10H16N4O2S2. The minimum absolute atomic E-state index is 0.305. The van der Waals surface area contributed by atoms with Crippen LogP contribution in [0.5, 0.6) is 0 Å². The van der Waals surface area contributed by atoms with Crippen LogP contribution in [-0.4, -0.2) is 36.3 Å². The van der Waals surface area contributed by atoms with E-state index in [9.17, 15) is 4.79 Å². The van der Waals surface area contributed by atoms with Crippen LogP contribution in [0.4, 0.5) is 0 Å². The van der Waals surface area contributed by atoms with Gasteiger partial charge in [-0.2, -0.15) is 0 Å². The summed E-state index contributed by atoms with van der Waals surface area (Å²) in [5, 5.41) is 5.85. The first-order valence-corrected chi connectivity index (χ1v) is 6.67. The summed E-state index contributed by atoms with van der Waals surface area (Å²) in [5.41, 5.74) is 5.47. The smallest absolute Gasteiger partial charge is 0.289 e. The van der Waals surface area contributed by atoms with E-state index in [2.05, 4.69) is 21.2 Å². The molecule has 0 unspecified atom stereocenters. The molecule has 100 valence electrons. The highest BCUT2D eigenvalue weighted by Crippen LogP contribution is 2.06. The summed E-state index contributed by atoms with van der Waals surface area (Å²) in [5.74, 6) is -0.305. The number of rotatable bonds is 5. The van der Waals surface area contributed by atoms with E-state index in [0.717, 1.165) is 11.4 Å². The van der Waals surface area contributed by atoms with Gasteiger partial charge in [-0.3, -0.25) is 15.6 Å². The zero-order chi connectivity index (χ0) is 13.4. The maximum Gasteiger partial charge on any atom is 0.289 e. The van der Waals surface area contributed by atoms with Gasteiger partial charge in [0.2, 0.25) is 0 Å². The Bertz CT molecular complexity index is 408. The van der Waals surface area contributed by atoms with Gasteiger partial charge >= 0.3 is 0 Å². The van der Waals surface area contributed by atoms with Crippen LogP contribution < -0.4 is 16.2 Å². The number of aryl methyl sites for hydroxylation is 1. The van der Waals surface area contributed by atoms with Crippen molar-refractivity contribution in [3.05, 3.63) is 16.1 Å². The number of thiazole rings is 1. The van der Waals surface area contributed by atoms with Crippen LogP contribution in [0.15, 0.2) is 5.38 Å². The van der Waals surface area contributed by atoms with Crippen LogP contribution >= 0.6 is 23.6 Å². The number of amides is 1. The summed E-state index contributed by atoms with van der Waals surface area (Å²) in [4.78, 5) is 15.7. The van der Waals surface area contributed by atoms with E-state index >= 15 is 0 Å². The maximum atomic E-state index is 11.6. The second kappa shape index (κ2) is 7.96. The molecule has 3 N–H and O–H groups in total. The van der Waals surface area contributed by atoms with Gasteiger partial charge in [-0.25, -0.2) is 4.98 Å². The van der Waals surface area contributed by atoms with E-state index in [1.165, 1.54) is 11.3 Å². The first-order valence-electron chi connectivity index (χ1n) is 5.38. The van der Waals surface area contributed by atoms with Crippen LogP contribution in [0, 0.1) is 6.92 Å². The predicted molar refractivity (Wildman–Crippen MR) is 74.5 cm³/mol. The molecule has 0 atom stereocenters. The third-order valence-corrected chi connectivity index (χ3v) is 2.97. The fourth-order valence-electron chi connectivity index (χ4n) is 1.11. The lowest BCUT2D eigenvalue weighted by atomic mass is 10.4. The first kappa shape index (κ1) is 14.8. The molecule has 1 aromatic rings. The molecule has 0 fully saturated rings. The number of methoxy groups -OCH3 is 1. The third-order valence-electron chi connectivity index (χ3n) is 1.95. The molecule has 0 aliphatic rings. The summed E-state index contributed by atoms with van der Waals surface area (Å²) in [6.07, 6.45) is 0.845. The Balaban J connectivity index is 2.20. The zero-order valence-electron chi connectivity index (χ0n) is 10.3. The van der Waals surface area contributed by atoms with Crippen LogP contribution in [0.3, 0.4) is 0 Å². The van der Waals surface area contributed by atoms with Crippen molar-refractivity contribution in [1.82, 2.24) is 21.2 Å². The predicted octanol–water partition coefficient (Wildman–Crippen LogP) is 0.597. The van der Waals surface area contributed by atoms with E-state index in [1.807, 2.05) is 6.92 Å². The number of nitrogens with zero attached hydrogens (tertiary/aromatic N) is 1. The van der Waals surface area contributed by atoms with Crippen LogP contribution in [0.25, 0.3) is 0 Å². The molecule has 1 aromatic heterocycles. The Morgan fingerprint density at radius 2 is 2.33 bits per heavy atom. The van der Waals surface area contributed by atoms with E-state index in [-0.39, 0.29) is 5.91 Å². The Kier molecular flexibility index (Phi) is 6.55. The van der Waals surface area contributed by atoms with E-state index in [1.54, 1.807) is 12.5 Å².